The third kappa shape index (κ3) is 5.60. The Kier molecular flexibility index (Phi) is 6.56. The van der Waals surface area contributed by atoms with Gasteiger partial charge in [-0.25, -0.2) is 4.98 Å². The van der Waals surface area contributed by atoms with Crippen LogP contribution in [0.1, 0.15) is 49.3 Å². The van der Waals surface area contributed by atoms with E-state index in [1.807, 2.05) is 27.7 Å². The number of amides is 1. The summed E-state index contributed by atoms with van der Waals surface area (Å²) in [6.07, 6.45) is -7.09. The highest BCUT2D eigenvalue weighted by Gasteiger charge is 2.37. The molecule has 3 aromatic rings. The lowest BCUT2D eigenvalue weighted by atomic mass is 9.88. The van der Waals surface area contributed by atoms with Crippen molar-refractivity contribution in [3.05, 3.63) is 71.8 Å². The fourth-order valence-corrected chi connectivity index (χ4v) is 3.09. The van der Waals surface area contributed by atoms with Crippen molar-refractivity contribution in [2.24, 2.45) is 5.41 Å². The second-order valence-electron chi connectivity index (χ2n) is 9.05. The molecule has 0 saturated carbocycles. The minimum atomic E-state index is -4.93. The van der Waals surface area contributed by atoms with Gasteiger partial charge in [0.25, 0.3) is 5.91 Å². The smallest absolute Gasteiger partial charge is 0.348 e. The van der Waals surface area contributed by atoms with E-state index >= 15 is 0 Å². The van der Waals surface area contributed by atoms with E-state index in [2.05, 4.69) is 10.3 Å². The van der Waals surface area contributed by atoms with Crippen molar-refractivity contribution >= 4 is 5.91 Å². The van der Waals surface area contributed by atoms with E-state index in [-0.39, 0.29) is 40.3 Å². The van der Waals surface area contributed by atoms with Crippen LogP contribution in [-0.2, 0) is 12.4 Å². The standard InChI is InChI=1S/C24H23F6N3O/c1-14(22(2,3)4)32-21(34)20-12-31-13-33(20)19-7-5-15(6-8-19)16-9-17(23(25,26)27)11-18(10-16)24(28,29)30/h5-14H,1-4H3,(H,32,34)/t14-/m0/s1. The van der Waals surface area contributed by atoms with Gasteiger partial charge in [-0.1, -0.05) is 32.9 Å². The van der Waals surface area contributed by atoms with Gasteiger partial charge in [0.1, 0.15) is 5.69 Å². The molecule has 1 aromatic heterocycles. The van der Waals surface area contributed by atoms with Crippen LogP contribution >= 0.6 is 0 Å². The van der Waals surface area contributed by atoms with Crippen LogP contribution in [0.15, 0.2) is 55.0 Å². The van der Waals surface area contributed by atoms with Crippen molar-refractivity contribution in [3.63, 3.8) is 0 Å². The monoisotopic (exact) mass is 483 g/mol. The molecule has 0 aliphatic rings. The van der Waals surface area contributed by atoms with E-state index in [1.165, 1.54) is 41.4 Å². The zero-order valence-corrected chi connectivity index (χ0v) is 18.8. The van der Waals surface area contributed by atoms with Crippen LogP contribution in [0, 0.1) is 5.41 Å². The largest absolute Gasteiger partial charge is 0.416 e. The number of imidazole rings is 1. The molecule has 1 amide bonds. The van der Waals surface area contributed by atoms with Gasteiger partial charge in [-0.3, -0.25) is 9.36 Å². The molecule has 0 fully saturated rings. The van der Waals surface area contributed by atoms with Gasteiger partial charge in [-0.15, -0.1) is 0 Å². The van der Waals surface area contributed by atoms with Gasteiger partial charge in [0.15, 0.2) is 0 Å². The molecule has 182 valence electrons. The van der Waals surface area contributed by atoms with Crippen LogP contribution in [0.4, 0.5) is 26.3 Å². The summed E-state index contributed by atoms with van der Waals surface area (Å²) in [6, 6.07) is 7.07. The number of carbonyl (C=O) groups is 1. The number of aromatic nitrogens is 2. The van der Waals surface area contributed by atoms with E-state index in [9.17, 15) is 31.1 Å². The predicted octanol–water partition coefficient (Wildman–Crippen LogP) is 6.74. The first-order chi connectivity index (χ1) is 15.6. The maximum absolute atomic E-state index is 13.2. The normalized spacial score (nSPS) is 13.6. The highest BCUT2D eigenvalue weighted by atomic mass is 19.4. The quantitative estimate of drug-likeness (QED) is 0.418. The van der Waals surface area contributed by atoms with E-state index in [0.717, 1.165) is 0 Å². The van der Waals surface area contributed by atoms with Gasteiger partial charge >= 0.3 is 12.4 Å². The summed E-state index contributed by atoms with van der Waals surface area (Å²) >= 11 is 0. The van der Waals surface area contributed by atoms with Gasteiger partial charge in [-0.2, -0.15) is 26.3 Å². The molecule has 34 heavy (non-hydrogen) atoms. The Morgan fingerprint density at radius 2 is 1.41 bits per heavy atom. The number of alkyl halides is 6. The second kappa shape index (κ2) is 8.81. The molecule has 2 aromatic carbocycles. The first kappa shape index (κ1) is 25.3. The molecule has 0 spiro atoms. The van der Waals surface area contributed by atoms with Crippen molar-refractivity contribution in [1.29, 1.82) is 0 Å². The van der Waals surface area contributed by atoms with Crippen molar-refractivity contribution in [1.82, 2.24) is 14.9 Å². The van der Waals surface area contributed by atoms with Gasteiger partial charge in [0.05, 0.1) is 23.7 Å². The van der Waals surface area contributed by atoms with Crippen LogP contribution < -0.4 is 5.32 Å². The van der Waals surface area contributed by atoms with E-state index in [0.29, 0.717) is 17.8 Å². The summed E-state index contributed by atoms with van der Waals surface area (Å²) < 4.78 is 80.5. The lowest BCUT2D eigenvalue weighted by Gasteiger charge is -2.28. The number of benzene rings is 2. The number of rotatable bonds is 4. The second-order valence-corrected chi connectivity index (χ2v) is 9.05. The van der Waals surface area contributed by atoms with Crippen molar-refractivity contribution in [3.8, 4) is 16.8 Å². The SMILES string of the molecule is C[C@H](NC(=O)c1cncn1-c1ccc(-c2cc(C(F)(F)F)cc(C(F)(F)F)c2)cc1)C(C)(C)C. The van der Waals surface area contributed by atoms with Gasteiger partial charge < -0.3 is 5.32 Å². The molecule has 4 nitrogen and oxygen atoms in total. The molecule has 3 rings (SSSR count). The minimum absolute atomic E-state index is 0.0901. The fourth-order valence-electron chi connectivity index (χ4n) is 3.09. The molecule has 10 heteroatoms. The molecule has 0 bridgehead atoms. The summed E-state index contributed by atoms with van der Waals surface area (Å²) in [7, 11) is 0. The van der Waals surface area contributed by atoms with Gasteiger partial charge in [0, 0.05) is 11.7 Å². The fraction of sp³-hybridized carbons (Fsp3) is 0.333. The molecular weight excluding hydrogens is 460 g/mol. The Hall–Kier alpha value is -3.30. The first-order valence-corrected chi connectivity index (χ1v) is 10.3. The highest BCUT2D eigenvalue weighted by molar-refractivity contribution is 5.93. The number of nitrogens with zero attached hydrogens (tertiary/aromatic N) is 2. The van der Waals surface area contributed by atoms with Crippen LogP contribution in [-0.4, -0.2) is 21.5 Å². The minimum Gasteiger partial charge on any atom is -0.348 e. The third-order valence-electron chi connectivity index (χ3n) is 5.58. The van der Waals surface area contributed by atoms with E-state index in [1.54, 1.807) is 0 Å². The van der Waals surface area contributed by atoms with E-state index < -0.39 is 23.5 Å². The summed E-state index contributed by atoms with van der Waals surface area (Å²) in [5.74, 6) is -0.364. The zero-order valence-electron chi connectivity index (χ0n) is 18.8. The average Bonchev–Trinajstić information content (AvgIpc) is 3.21. The van der Waals surface area contributed by atoms with Gasteiger partial charge in [-0.05, 0) is 53.8 Å². The molecular formula is C24H23F6N3O. The molecule has 1 N–H and O–H groups in total. The van der Waals surface area contributed by atoms with Crippen molar-refractivity contribution < 1.29 is 31.1 Å². The molecule has 0 radical (unpaired) electrons. The van der Waals surface area contributed by atoms with Gasteiger partial charge in [0.2, 0.25) is 0 Å². The molecule has 0 unspecified atom stereocenters. The van der Waals surface area contributed by atoms with Crippen LogP contribution in [0.25, 0.3) is 16.8 Å². The number of hydrogen-bond donors (Lipinski definition) is 1. The Bertz CT molecular complexity index is 1140. The number of carbonyl (C=O) groups excluding carboxylic acids is 1. The average molecular weight is 483 g/mol. The van der Waals surface area contributed by atoms with E-state index in [4.69, 9.17) is 0 Å². The molecule has 0 aliphatic heterocycles. The molecule has 1 heterocycles. The first-order valence-electron chi connectivity index (χ1n) is 10.3. The third-order valence-corrected chi connectivity index (χ3v) is 5.58. The van der Waals surface area contributed by atoms with Crippen molar-refractivity contribution in [2.45, 2.75) is 46.1 Å². The summed E-state index contributed by atoms with van der Waals surface area (Å²) in [5, 5.41) is 2.90. The topological polar surface area (TPSA) is 46.9 Å². The molecule has 0 aliphatic carbocycles. The van der Waals surface area contributed by atoms with Crippen LogP contribution in [0.5, 0.6) is 0 Å². The lowest BCUT2D eigenvalue weighted by molar-refractivity contribution is -0.143. The summed E-state index contributed by atoms with van der Waals surface area (Å²) in [4.78, 5) is 16.7. The molecule has 0 saturated heterocycles. The maximum atomic E-state index is 13.2. The predicted molar refractivity (Wildman–Crippen MR) is 115 cm³/mol. The van der Waals surface area contributed by atoms with Crippen LogP contribution in [0.3, 0.4) is 0 Å². The number of halogens is 6. The Morgan fingerprint density at radius 3 is 1.88 bits per heavy atom. The zero-order chi connectivity index (χ0) is 25.5. The Balaban J connectivity index is 1.95. The summed E-state index contributed by atoms with van der Waals surface area (Å²) in [5.41, 5.74) is -2.31. The number of nitrogens with one attached hydrogen (secondary N) is 1. The van der Waals surface area contributed by atoms with Crippen LogP contribution in [0.2, 0.25) is 0 Å². The Labute approximate surface area is 192 Å². The Morgan fingerprint density at radius 1 is 0.882 bits per heavy atom. The molecule has 1 atom stereocenters. The highest BCUT2D eigenvalue weighted by Crippen LogP contribution is 2.38. The maximum Gasteiger partial charge on any atom is 0.416 e. The van der Waals surface area contributed by atoms with Crippen molar-refractivity contribution in [2.75, 3.05) is 0 Å². The summed E-state index contributed by atoms with van der Waals surface area (Å²) in [6.45, 7) is 7.81. The number of hydrogen-bond acceptors (Lipinski definition) is 2. The lowest BCUT2D eigenvalue weighted by Crippen LogP contribution is -2.41.